The third kappa shape index (κ3) is 53.6. The van der Waals surface area contributed by atoms with Gasteiger partial charge in [-0.25, -0.2) is 0 Å². The van der Waals surface area contributed by atoms with Crippen LogP contribution >= 0.6 is 0 Å². The molecule has 0 aromatic heterocycles. The molecule has 5 heteroatoms. The van der Waals surface area contributed by atoms with Gasteiger partial charge in [0.05, 0.1) is 12.0 Å². The quantitative estimate of drug-likeness (QED) is 0.579. The summed E-state index contributed by atoms with van der Waals surface area (Å²) in [6.07, 6.45) is 3.06. The van der Waals surface area contributed by atoms with Crippen LogP contribution in [-0.2, 0) is 14.3 Å². The molecule has 3 N–H and O–H groups in total. The molecule has 124 valence electrons. The average Bonchev–Trinajstić information content (AvgIpc) is 2.40. The molecule has 0 rings (SSSR count). The molecule has 0 aromatic rings. The Morgan fingerprint density at radius 1 is 1.25 bits per heavy atom. The molecule has 20 heavy (non-hydrogen) atoms. The zero-order valence-corrected chi connectivity index (χ0v) is 14.4. The number of aliphatic carboxylic acids is 1. The predicted octanol–water partition coefficient (Wildman–Crippen LogP) is 3.25. The topological polar surface area (TPSA) is 89.6 Å². The fourth-order valence-corrected chi connectivity index (χ4v) is 0.705. The number of carbonyl (C=O) groups excluding carboxylic acids is 1. The molecule has 0 aliphatic heterocycles. The van der Waals surface area contributed by atoms with Crippen LogP contribution in [0, 0.1) is 0 Å². The first kappa shape index (κ1) is 27.4. The number of ether oxygens (including phenoxy) is 1. The Labute approximate surface area is 124 Å². The van der Waals surface area contributed by atoms with Gasteiger partial charge >= 0.3 is 5.97 Å². The number of carbonyl (C=O) groups is 2. The molecule has 0 saturated heterocycles. The highest BCUT2D eigenvalue weighted by Crippen LogP contribution is 2.06. The van der Waals surface area contributed by atoms with Gasteiger partial charge in [-0.15, -0.1) is 0 Å². The lowest BCUT2D eigenvalue weighted by Gasteiger charge is -2.18. The van der Waals surface area contributed by atoms with Crippen LogP contribution in [0.25, 0.3) is 0 Å². The molecule has 0 aliphatic carbocycles. The van der Waals surface area contributed by atoms with Crippen molar-refractivity contribution < 1.29 is 19.4 Å². The van der Waals surface area contributed by atoms with Crippen molar-refractivity contribution in [2.24, 2.45) is 5.73 Å². The first-order valence-electron chi connectivity index (χ1n) is 7.20. The van der Waals surface area contributed by atoms with Gasteiger partial charge in [0, 0.05) is 13.0 Å². The van der Waals surface area contributed by atoms with Crippen LogP contribution < -0.4 is 5.73 Å². The average molecular weight is 293 g/mol. The second-order valence-electron chi connectivity index (χ2n) is 4.41. The Hall–Kier alpha value is -0.940. The fourth-order valence-electron chi connectivity index (χ4n) is 0.705. The number of hydrogen-bond donors (Lipinski definition) is 2. The number of aldehydes is 1. The largest absolute Gasteiger partial charge is 0.481 e. The maximum Gasteiger partial charge on any atom is 0.303 e. The van der Waals surface area contributed by atoms with Crippen molar-refractivity contribution in [2.45, 2.75) is 72.8 Å². The minimum absolute atomic E-state index is 0.0508. The first-order valence-corrected chi connectivity index (χ1v) is 7.20. The fraction of sp³-hybridized carbons (Fsp3) is 0.867. The number of carboxylic acid groups (broad SMARTS) is 1. The van der Waals surface area contributed by atoms with E-state index in [-0.39, 0.29) is 18.4 Å². The van der Waals surface area contributed by atoms with Gasteiger partial charge in [0.2, 0.25) is 0 Å². The lowest BCUT2D eigenvalue weighted by atomic mass is 10.2. The second kappa shape index (κ2) is 23.2. The van der Waals surface area contributed by atoms with Crippen molar-refractivity contribution in [3.05, 3.63) is 0 Å². The van der Waals surface area contributed by atoms with Gasteiger partial charge in [0.15, 0.2) is 0 Å². The van der Waals surface area contributed by atoms with Gasteiger partial charge in [0.25, 0.3) is 0 Å². The van der Waals surface area contributed by atoms with Crippen molar-refractivity contribution in [2.75, 3.05) is 13.7 Å². The van der Waals surface area contributed by atoms with Crippen LogP contribution in [0.3, 0.4) is 0 Å². The minimum atomic E-state index is -0.924. The van der Waals surface area contributed by atoms with E-state index in [1.807, 2.05) is 13.8 Å². The number of nitrogens with two attached hydrogens (primary N) is 1. The highest BCUT2D eigenvalue weighted by molar-refractivity contribution is 5.70. The molecule has 0 amide bonds. The third-order valence-corrected chi connectivity index (χ3v) is 1.51. The molecule has 0 radical (unpaired) electrons. The summed E-state index contributed by atoms with van der Waals surface area (Å²) in [4.78, 5) is 19.0. The van der Waals surface area contributed by atoms with Crippen molar-refractivity contribution in [3.8, 4) is 0 Å². The van der Waals surface area contributed by atoms with Gasteiger partial charge in [-0.2, -0.15) is 0 Å². The number of rotatable bonds is 6. The highest BCUT2D eigenvalue weighted by atomic mass is 16.5. The first-order chi connectivity index (χ1) is 9.33. The van der Waals surface area contributed by atoms with E-state index >= 15 is 0 Å². The Morgan fingerprint density at radius 2 is 1.70 bits per heavy atom. The maximum absolute atomic E-state index is 9.60. The number of hydrogen-bond acceptors (Lipinski definition) is 4. The Kier molecular flexibility index (Phi) is 31.8. The van der Waals surface area contributed by atoms with E-state index in [0.717, 1.165) is 6.61 Å². The second-order valence-corrected chi connectivity index (χ2v) is 4.41. The maximum atomic E-state index is 9.60. The lowest BCUT2D eigenvalue weighted by Crippen LogP contribution is -2.19. The predicted molar refractivity (Wildman–Crippen MR) is 85.0 cm³/mol. The van der Waals surface area contributed by atoms with E-state index in [4.69, 9.17) is 9.84 Å². The zero-order valence-electron chi connectivity index (χ0n) is 14.4. The molecule has 0 bridgehead atoms. The van der Waals surface area contributed by atoms with E-state index in [0.29, 0.717) is 6.29 Å². The van der Waals surface area contributed by atoms with Crippen LogP contribution in [0.5, 0.6) is 0 Å². The highest BCUT2D eigenvalue weighted by Gasteiger charge is 2.07. The van der Waals surface area contributed by atoms with Crippen molar-refractivity contribution in [1.29, 1.82) is 0 Å². The summed E-state index contributed by atoms with van der Waals surface area (Å²) >= 11 is 0. The molecular weight excluding hydrogens is 258 g/mol. The molecule has 0 saturated carbocycles. The van der Waals surface area contributed by atoms with Gasteiger partial charge in [0.1, 0.15) is 6.29 Å². The summed E-state index contributed by atoms with van der Waals surface area (Å²) in [5, 5.41) is 7.89. The Morgan fingerprint density at radius 3 is 1.90 bits per heavy atom. The summed E-state index contributed by atoms with van der Waals surface area (Å²) in [5.41, 5.74) is 4.55. The summed E-state index contributed by atoms with van der Waals surface area (Å²) in [7, 11) is 1.50. The normalized spacial score (nSPS) is 8.80. The molecule has 0 fully saturated rings. The van der Waals surface area contributed by atoms with Gasteiger partial charge < -0.3 is 20.4 Å². The van der Waals surface area contributed by atoms with Gasteiger partial charge in [-0.1, -0.05) is 27.2 Å². The van der Waals surface area contributed by atoms with Crippen LogP contribution in [0.2, 0.25) is 0 Å². The molecule has 0 spiro atoms. The van der Waals surface area contributed by atoms with Gasteiger partial charge in [-0.3, -0.25) is 4.79 Å². The van der Waals surface area contributed by atoms with E-state index in [9.17, 15) is 9.59 Å². The Bertz CT molecular complexity index is 189. The standard InChI is InChI=1S/C8H18O.C4H6O3.C2H6.CH5N/c1-5-6-7-9-8(2,3)4;5-3-1-2-4(6)7;2*1-2/h5-7H2,1-4H3;3H,1-2H2,(H,6,7);1-2H3;2H2,1H3. The number of carboxylic acids is 1. The summed E-state index contributed by atoms with van der Waals surface area (Å²) in [6.45, 7) is 13.3. The van der Waals surface area contributed by atoms with Crippen LogP contribution in [0.15, 0.2) is 0 Å². The van der Waals surface area contributed by atoms with Crippen LogP contribution in [0.4, 0.5) is 0 Å². The SMILES string of the molecule is CC.CCCCOC(C)(C)C.CN.O=CCCC(=O)O. The molecule has 0 unspecified atom stereocenters. The molecule has 0 aliphatic rings. The van der Waals surface area contributed by atoms with E-state index in [1.54, 1.807) is 0 Å². The van der Waals surface area contributed by atoms with E-state index < -0.39 is 5.97 Å². The van der Waals surface area contributed by atoms with Crippen molar-refractivity contribution in [3.63, 3.8) is 0 Å². The molecule has 0 heterocycles. The van der Waals surface area contributed by atoms with Crippen molar-refractivity contribution >= 4 is 12.3 Å². The lowest BCUT2D eigenvalue weighted by molar-refractivity contribution is -0.137. The smallest absolute Gasteiger partial charge is 0.303 e. The summed E-state index contributed by atoms with van der Waals surface area (Å²) in [5.74, 6) is -0.924. The van der Waals surface area contributed by atoms with Crippen molar-refractivity contribution in [1.82, 2.24) is 0 Å². The monoisotopic (exact) mass is 293 g/mol. The zero-order chi connectivity index (χ0) is 17.0. The van der Waals surface area contributed by atoms with Crippen LogP contribution in [0.1, 0.15) is 67.2 Å². The minimum Gasteiger partial charge on any atom is -0.481 e. The number of unbranched alkanes of at least 4 members (excludes halogenated alkanes) is 1. The van der Waals surface area contributed by atoms with E-state index in [2.05, 4.69) is 33.4 Å². The molecule has 0 aromatic carbocycles. The Balaban J connectivity index is -0.000000104. The van der Waals surface area contributed by atoms with Gasteiger partial charge in [-0.05, 0) is 34.2 Å². The van der Waals surface area contributed by atoms with Crippen LogP contribution in [-0.4, -0.2) is 36.6 Å². The molecule has 5 nitrogen and oxygen atoms in total. The van der Waals surface area contributed by atoms with E-state index in [1.165, 1.54) is 19.9 Å². The summed E-state index contributed by atoms with van der Waals surface area (Å²) in [6, 6.07) is 0. The summed E-state index contributed by atoms with van der Waals surface area (Å²) < 4.78 is 5.47. The third-order valence-electron chi connectivity index (χ3n) is 1.51. The molecule has 0 atom stereocenters. The molecular formula is C15H35NO4.